The van der Waals surface area contributed by atoms with Crippen LogP contribution in [0.3, 0.4) is 0 Å². The van der Waals surface area contributed by atoms with E-state index in [1.54, 1.807) is 12.4 Å². The summed E-state index contributed by atoms with van der Waals surface area (Å²) in [5, 5.41) is 11.3. The zero-order valence-electron chi connectivity index (χ0n) is 16.9. The SMILES string of the molecule is CC(C)n1ncc2cc(NC(=O)NC3CCN(Cc4ccncc4)CC3)cnc21. The molecule has 0 spiro atoms. The quantitative estimate of drug-likeness (QED) is 0.695. The third-order valence-corrected chi connectivity index (χ3v) is 5.26. The van der Waals surface area contributed by atoms with E-state index in [-0.39, 0.29) is 18.1 Å². The van der Waals surface area contributed by atoms with Gasteiger partial charge in [0.2, 0.25) is 0 Å². The molecule has 0 unspecified atom stereocenters. The highest BCUT2D eigenvalue weighted by Gasteiger charge is 2.21. The van der Waals surface area contributed by atoms with Crippen molar-refractivity contribution >= 4 is 22.8 Å². The first-order valence-electron chi connectivity index (χ1n) is 10.1. The summed E-state index contributed by atoms with van der Waals surface area (Å²) in [5.41, 5.74) is 2.77. The lowest BCUT2D eigenvalue weighted by atomic mass is 10.0. The first-order chi connectivity index (χ1) is 14.1. The molecule has 1 aliphatic heterocycles. The molecule has 0 atom stereocenters. The van der Waals surface area contributed by atoms with Crippen molar-refractivity contribution in [1.82, 2.24) is 30.0 Å². The smallest absolute Gasteiger partial charge is 0.319 e. The minimum atomic E-state index is -0.185. The molecular weight excluding hydrogens is 366 g/mol. The third kappa shape index (κ3) is 4.71. The van der Waals surface area contributed by atoms with Crippen LogP contribution in [0.4, 0.5) is 10.5 Å². The van der Waals surface area contributed by atoms with Gasteiger partial charge >= 0.3 is 6.03 Å². The lowest BCUT2D eigenvalue weighted by Gasteiger charge is -2.32. The number of rotatable bonds is 5. The van der Waals surface area contributed by atoms with Crippen LogP contribution < -0.4 is 10.6 Å². The minimum Gasteiger partial charge on any atom is -0.335 e. The Balaban J connectivity index is 1.27. The largest absolute Gasteiger partial charge is 0.335 e. The summed E-state index contributed by atoms with van der Waals surface area (Å²) < 4.78 is 1.87. The summed E-state index contributed by atoms with van der Waals surface area (Å²) in [6.45, 7) is 6.99. The van der Waals surface area contributed by atoms with E-state index in [1.165, 1.54) is 5.56 Å². The number of urea groups is 1. The molecule has 3 aromatic heterocycles. The maximum atomic E-state index is 12.4. The molecular formula is C21H27N7O. The number of hydrogen-bond donors (Lipinski definition) is 2. The molecule has 8 heteroatoms. The van der Waals surface area contributed by atoms with Crippen LogP contribution in [0.15, 0.2) is 43.0 Å². The Hall–Kier alpha value is -3.00. The lowest BCUT2D eigenvalue weighted by molar-refractivity contribution is 0.190. The number of aromatic nitrogens is 4. The van der Waals surface area contributed by atoms with E-state index >= 15 is 0 Å². The van der Waals surface area contributed by atoms with Gasteiger partial charge in [0.25, 0.3) is 0 Å². The number of carbonyl (C=O) groups excluding carboxylic acids is 1. The highest BCUT2D eigenvalue weighted by molar-refractivity contribution is 5.91. The second-order valence-corrected chi connectivity index (χ2v) is 7.82. The van der Waals surface area contributed by atoms with Gasteiger partial charge < -0.3 is 10.6 Å². The normalized spacial score (nSPS) is 15.7. The average molecular weight is 393 g/mol. The lowest BCUT2D eigenvalue weighted by Crippen LogP contribution is -2.45. The van der Waals surface area contributed by atoms with Crippen molar-refractivity contribution in [2.45, 2.75) is 45.3 Å². The number of amides is 2. The first-order valence-corrected chi connectivity index (χ1v) is 10.1. The summed E-state index contributed by atoms with van der Waals surface area (Å²) >= 11 is 0. The third-order valence-electron chi connectivity index (χ3n) is 5.26. The van der Waals surface area contributed by atoms with Gasteiger partial charge in [-0.05, 0) is 50.5 Å². The monoisotopic (exact) mass is 393 g/mol. The van der Waals surface area contributed by atoms with Crippen molar-refractivity contribution in [3.63, 3.8) is 0 Å². The number of nitrogens with one attached hydrogen (secondary N) is 2. The van der Waals surface area contributed by atoms with Gasteiger partial charge in [-0.1, -0.05) is 0 Å². The maximum Gasteiger partial charge on any atom is 0.319 e. The fourth-order valence-electron chi connectivity index (χ4n) is 3.72. The molecule has 0 saturated carbocycles. The second-order valence-electron chi connectivity index (χ2n) is 7.82. The molecule has 0 aromatic carbocycles. The van der Waals surface area contributed by atoms with Crippen molar-refractivity contribution in [2.75, 3.05) is 18.4 Å². The van der Waals surface area contributed by atoms with Crippen molar-refractivity contribution in [3.8, 4) is 0 Å². The number of pyridine rings is 2. The van der Waals surface area contributed by atoms with Crippen LogP contribution in [-0.2, 0) is 6.54 Å². The number of likely N-dealkylation sites (tertiary alicyclic amines) is 1. The van der Waals surface area contributed by atoms with Crippen LogP contribution in [0.2, 0.25) is 0 Å². The van der Waals surface area contributed by atoms with Crippen LogP contribution in [0.1, 0.15) is 38.3 Å². The summed E-state index contributed by atoms with van der Waals surface area (Å²) in [4.78, 5) is 23.3. The zero-order chi connectivity index (χ0) is 20.2. The summed E-state index contributed by atoms with van der Waals surface area (Å²) in [6.07, 6.45) is 9.00. The van der Waals surface area contributed by atoms with Gasteiger partial charge in [-0.15, -0.1) is 0 Å². The average Bonchev–Trinajstić information content (AvgIpc) is 3.14. The van der Waals surface area contributed by atoms with E-state index in [0.29, 0.717) is 5.69 Å². The Morgan fingerprint density at radius 3 is 2.69 bits per heavy atom. The molecule has 29 heavy (non-hydrogen) atoms. The highest BCUT2D eigenvalue weighted by Crippen LogP contribution is 2.19. The van der Waals surface area contributed by atoms with Gasteiger partial charge in [-0.2, -0.15) is 5.10 Å². The molecule has 0 radical (unpaired) electrons. The topological polar surface area (TPSA) is 88.0 Å². The van der Waals surface area contributed by atoms with Crippen molar-refractivity contribution in [2.24, 2.45) is 0 Å². The Morgan fingerprint density at radius 2 is 1.97 bits per heavy atom. The summed E-state index contributed by atoms with van der Waals surface area (Å²) in [6, 6.07) is 6.25. The van der Waals surface area contributed by atoms with Gasteiger partial charge in [0.1, 0.15) is 0 Å². The molecule has 152 valence electrons. The van der Waals surface area contributed by atoms with E-state index in [4.69, 9.17) is 0 Å². The standard InChI is InChI=1S/C21H27N7O/c1-15(2)28-20-17(12-24-28)11-19(13-23-20)26-21(29)25-18-5-9-27(10-6-18)14-16-3-7-22-8-4-16/h3-4,7-8,11-13,15,18H,5-6,9-10,14H2,1-2H3,(H2,25,26,29). The van der Waals surface area contributed by atoms with E-state index in [1.807, 2.05) is 35.3 Å². The van der Waals surface area contributed by atoms with Crippen LogP contribution in [0.25, 0.3) is 11.0 Å². The van der Waals surface area contributed by atoms with Crippen LogP contribution in [0.5, 0.6) is 0 Å². The van der Waals surface area contributed by atoms with Crippen molar-refractivity contribution in [3.05, 3.63) is 48.5 Å². The molecule has 1 aliphatic rings. The second kappa shape index (κ2) is 8.57. The van der Waals surface area contributed by atoms with E-state index in [2.05, 4.69) is 44.4 Å². The number of carbonyl (C=O) groups is 1. The molecule has 2 N–H and O–H groups in total. The highest BCUT2D eigenvalue weighted by atomic mass is 16.2. The number of anilines is 1. The van der Waals surface area contributed by atoms with Crippen molar-refractivity contribution < 1.29 is 4.79 Å². The Morgan fingerprint density at radius 1 is 1.21 bits per heavy atom. The van der Waals surface area contributed by atoms with E-state index in [9.17, 15) is 4.79 Å². The number of fused-ring (bicyclic) bond motifs is 1. The molecule has 2 amide bonds. The summed E-state index contributed by atoms with van der Waals surface area (Å²) in [7, 11) is 0. The van der Waals surface area contributed by atoms with Crippen LogP contribution >= 0.6 is 0 Å². The summed E-state index contributed by atoms with van der Waals surface area (Å²) in [5.74, 6) is 0. The molecule has 0 aliphatic carbocycles. The molecule has 4 rings (SSSR count). The molecule has 0 bridgehead atoms. The van der Waals surface area contributed by atoms with E-state index < -0.39 is 0 Å². The van der Waals surface area contributed by atoms with Gasteiger partial charge in [-0.3, -0.25) is 9.88 Å². The fraction of sp³-hybridized carbons (Fsp3) is 0.429. The van der Waals surface area contributed by atoms with Crippen LogP contribution in [-0.4, -0.2) is 49.8 Å². The predicted molar refractivity (Wildman–Crippen MR) is 113 cm³/mol. The maximum absolute atomic E-state index is 12.4. The van der Waals surface area contributed by atoms with Crippen LogP contribution in [0, 0.1) is 0 Å². The predicted octanol–water partition coefficient (Wildman–Crippen LogP) is 3.19. The molecule has 3 aromatic rings. The zero-order valence-corrected chi connectivity index (χ0v) is 16.9. The van der Waals surface area contributed by atoms with Gasteiger partial charge in [-0.25, -0.2) is 14.5 Å². The van der Waals surface area contributed by atoms with Gasteiger partial charge in [0, 0.05) is 49.5 Å². The Bertz CT molecular complexity index is 962. The molecule has 1 fully saturated rings. The molecule has 1 saturated heterocycles. The van der Waals surface area contributed by atoms with Gasteiger partial charge in [0.05, 0.1) is 18.1 Å². The fourth-order valence-corrected chi connectivity index (χ4v) is 3.72. The number of piperidine rings is 1. The number of hydrogen-bond acceptors (Lipinski definition) is 5. The van der Waals surface area contributed by atoms with Crippen molar-refractivity contribution in [1.29, 1.82) is 0 Å². The van der Waals surface area contributed by atoms with E-state index in [0.717, 1.165) is 43.5 Å². The Labute approximate surface area is 170 Å². The minimum absolute atomic E-state index is 0.184. The molecule has 4 heterocycles. The molecule has 8 nitrogen and oxygen atoms in total. The first kappa shape index (κ1) is 19.3. The van der Waals surface area contributed by atoms with Gasteiger partial charge in [0.15, 0.2) is 5.65 Å². The Kier molecular flexibility index (Phi) is 5.71. The number of nitrogens with zero attached hydrogens (tertiary/aromatic N) is 5.